The maximum Gasteiger partial charge on any atom is 0.490 e. The Labute approximate surface area is 252 Å². The summed E-state index contributed by atoms with van der Waals surface area (Å²) in [6.07, 6.45) is -5.87. The minimum absolute atomic E-state index is 0.224. The molecule has 18 heteroatoms. The third kappa shape index (κ3) is 10.7. The second-order valence-corrected chi connectivity index (χ2v) is 11.5. The number of nitrogens with two attached hydrogens (primary N) is 1. The van der Waals surface area contributed by atoms with Crippen LogP contribution in [0.4, 0.5) is 26.3 Å². The summed E-state index contributed by atoms with van der Waals surface area (Å²) in [5.74, 6) is -5.78. The molecule has 2 aromatic carbocycles. The lowest BCUT2D eigenvalue weighted by atomic mass is 10.1. The van der Waals surface area contributed by atoms with Crippen LogP contribution in [-0.4, -0.2) is 83.3 Å². The number of nitrogens with one attached hydrogen (secondary N) is 1. The van der Waals surface area contributed by atoms with Crippen molar-refractivity contribution in [2.24, 2.45) is 5.73 Å². The van der Waals surface area contributed by atoms with Crippen molar-refractivity contribution >= 4 is 38.6 Å². The number of carboxylic acids is 2. The number of carboxylic acid groups (broad SMARTS) is 2. The molecule has 1 fully saturated rings. The number of nitrogens with zero attached hydrogens (tertiary/aromatic N) is 2. The van der Waals surface area contributed by atoms with Gasteiger partial charge in [0.05, 0.1) is 10.9 Å². The van der Waals surface area contributed by atoms with E-state index in [1.54, 1.807) is 24.5 Å². The van der Waals surface area contributed by atoms with E-state index in [1.807, 2.05) is 43.3 Å². The number of alkyl halides is 6. The summed E-state index contributed by atoms with van der Waals surface area (Å²) >= 11 is 0. The SMILES string of the molecule is Cc1cncc2c(S(=O)(=O)N3CC[C@@H](NC(=O)[C@@H](N)Cc4ccccc4)C3)cccc12.O=C(O)C(F)(F)F.O=C(O)C(F)(F)F. The fourth-order valence-corrected chi connectivity index (χ4v) is 5.70. The third-order valence-electron chi connectivity index (χ3n) is 6.20. The summed E-state index contributed by atoms with van der Waals surface area (Å²) in [7, 11) is -3.71. The molecule has 4 rings (SSSR count). The van der Waals surface area contributed by atoms with Gasteiger partial charge in [-0.05, 0) is 42.3 Å². The monoisotopic (exact) mass is 666 g/mol. The molecule has 0 aliphatic carbocycles. The molecule has 0 bridgehead atoms. The molecule has 2 atom stereocenters. The number of hydrogen-bond acceptors (Lipinski definition) is 7. The number of sulfonamides is 1. The van der Waals surface area contributed by atoms with Gasteiger partial charge in [0.15, 0.2) is 0 Å². The van der Waals surface area contributed by atoms with Crippen molar-refractivity contribution in [3.8, 4) is 0 Å². The van der Waals surface area contributed by atoms with Gasteiger partial charge in [-0.15, -0.1) is 0 Å². The average molecular weight is 667 g/mol. The number of carbonyl (C=O) groups is 3. The number of halogens is 6. The molecule has 1 aromatic heterocycles. The Morgan fingerprint density at radius 1 is 0.956 bits per heavy atom. The van der Waals surface area contributed by atoms with Crippen LogP contribution in [0, 0.1) is 6.92 Å². The van der Waals surface area contributed by atoms with Crippen molar-refractivity contribution < 1.29 is 59.4 Å². The number of rotatable bonds is 6. The van der Waals surface area contributed by atoms with Gasteiger partial charge in [-0.3, -0.25) is 9.78 Å². The maximum absolute atomic E-state index is 13.3. The quantitative estimate of drug-likeness (QED) is 0.287. The van der Waals surface area contributed by atoms with Crippen LogP contribution < -0.4 is 11.1 Å². The van der Waals surface area contributed by atoms with Crippen LogP contribution in [0.1, 0.15) is 17.5 Å². The molecule has 1 saturated heterocycles. The van der Waals surface area contributed by atoms with Gasteiger partial charge in [-0.1, -0.05) is 42.5 Å². The number of pyridine rings is 1. The zero-order chi connectivity index (χ0) is 34.2. The lowest BCUT2D eigenvalue weighted by Crippen LogP contribution is -2.47. The number of hydrogen-bond donors (Lipinski definition) is 4. The first-order valence-electron chi connectivity index (χ1n) is 12.8. The van der Waals surface area contributed by atoms with E-state index in [0.29, 0.717) is 24.8 Å². The molecule has 0 radical (unpaired) electrons. The predicted molar refractivity (Wildman–Crippen MR) is 147 cm³/mol. The normalized spacial score (nSPS) is 16.0. The van der Waals surface area contributed by atoms with Crippen LogP contribution in [0.5, 0.6) is 0 Å². The van der Waals surface area contributed by atoms with Crippen LogP contribution in [-0.2, 0) is 30.8 Å². The Morgan fingerprint density at radius 2 is 1.51 bits per heavy atom. The highest BCUT2D eigenvalue weighted by molar-refractivity contribution is 7.89. The number of fused-ring (bicyclic) bond motifs is 1. The van der Waals surface area contributed by atoms with E-state index in [1.165, 1.54) is 4.31 Å². The molecule has 45 heavy (non-hydrogen) atoms. The number of aryl methyl sites for hydroxylation is 1. The van der Waals surface area contributed by atoms with Gasteiger partial charge >= 0.3 is 24.3 Å². The number of aromatic nitrogens is 1. The Bertz CT molecular complexity index is 1580. The minimum Gasteiger partial charge on any atom is -0.475 e. The summed E-state index contributed by atoms with van der Waals surface area (Å²) in [5.41, 5.74) is 7.98. The molecule has 5 N–H and O–H groups in total. The van der Waals surface area contributed by atoms with Crippen molar-refractivity contribution in [1.29, 1.82) is 0 Å². The average Bonchev–Trinajstić information content (AvgIpc) is 3.42. The van der Waals surface area contributed by atoms with Crippen LogP contribution in [0.15, 0.2) is 65.8 Å². The maximum atomic E-state index is 13.3. The van der Waals surface area contributed by atoms with Crippen LogP contribution in [0.2, 0.25) is 0 Å². The van der Waals surface area contributed by atoms with Crippen LogP contribution in [0.25, 0.3) is 10.8 Å². The van der Waals surface area contributed by atoms with Gasteiger partial charge in [0.2, 0.25) is 15.9 Å². The van der Waals surface area contributed by atoms with Crippen molar-refractivity contribution in [3.63, 3.8) is 0 Å². The van der Waals surface area contributed by atoms with E-state index in [9.17, 15) is 39.6 Å². The lowest BCUT2D eigenvalue weighted by molar-refractivity contribution is -0.193. The van der Waals surface area contributed by atoms with Gasteiger partial charge in [0, 0.05) is 36.9 Å². The molecule has 0 saturated carbocycles. The second kappa shape index (κ2) is 15.1. The fraction of sp³-hybridized carbons (Fsp3) is 0.333. The molecule has 0 unspecified atom stereocenters. The van der Waals surface area contributed by atoms with E-state index in [0.717, 1.165) is 16.5 Å². The third-order valence-corrected chi connectivity index (χ3v) is 8.12. The molecule has 1 amide bonds. The molecule has 3 aromatic rings. The van der Waals surface area contributed by atoms with Crippen molar-refractivity contribution in [2.75, 3.05) is 13.1 Å². The second-order valence-electron chi connectivity index (χ2n) is 9.57. The van der Waals surface area contributed by atoms with E-state index >= 15 is 0 Å². The molecule has 246 valence electrons. The number of aliphatic carboxylic acids is 2. The first-order chi connectivity index (χ1) is 20.7. The zero-order valence-corrected chi connectivity index (χ0v) is 24.2. The smallest absolute Gasteiger partial charge is 0.475 e. The first-order valence-corrected chi connectivity index (χ1v) is 14.2. The Kier molecular flexibility index (Phi) is 12.4. The molecule has 1 aliphatic heterocycles. The van der Waals surface area contributed by atoms with Gasteiger partial charge in [0.25, 0.3) is 0 Å². The van der Waals surface area contributed by atoms with Crippen molar-refractivity contribution in [2.45, 2.75) is 49.1 Å². The molecule has 11 nitrogen and oxygen atoms in total. The van der Waals surface area contributed by atoms with Crippen LogP contribution in [0.3, 0.4) is 0 Å². The highest BCUT2D eigenvalue weighted by atomic mass is 32.2. The summed E-state index contributed by atoms with van der Waals surface area (Å²) < 4.78 is 91.6. The number of benzene rings is 2. The molecular weight excluding hydrogens is 638 g/mol. The predicted octanol–water partition coefficient (Wildman–Crippen LogP) is 3.26. The molecular formula is C27H28F6N4O7S. The van der Waals surface area contributed by atoms with Crippen molar-refractivity contribution in [1.82, 2.24) is 14.6 Å². The van der Waals surface area contributed by atoms with Gasteiger partial charge in [-0.2, -0.15) is 30.6 Å². The van der Waals surface area contributed by atoms with E-state index in [2.05, 4.69) is 10.3 Å². The Balaban J connectivity index is 0.000000421. The summed E-state index contributed by atoms with van der Waals surface area (Å²) in [5, 5.41) is 18.6. The molecule has 0 spiro atoms. The summed E-state index contributed by atoms with van der Waals surface area (Å²) in [6, 6.07) is 13.9. The number of amides is 1. The summed E-state index contributed by atoms with van der Waals surface area (Å²) in [4.78, 5) is 34.7. The topological polar surface area (TPSA) is 180 Å². The van der Waals surface area contributed by atoms with Gasteiger partial charge < -0.3 is 21.3 Å². The van der Waals surface area contributed by atoms with Gasteiger partial charge in [-0.25, -0.2) is 18.0 Å². The van der Waals surface area contributed by atoms with Crippen molar-refractivity contribution in [3.05, 3.63) is 72.1 Å². The highest BCUT2D eigenvalue weighted by Gasteiger charge is 2.39. The Morgan fingerprint density at radius 3 is 2.04 bits per heavy atom. The van der Waals surface area contributed by atoms with Gasteiger partial charge in [0.1, 0.15) is 0 Å². The minimum atomic E-state index is -5.08. The largest absolute Gasteiger partial charge is 0.490 e. The lowest BCUT2D eigenvalue weighted by Gasteiger charge is -2.19. The molecule has 2 heterocycles. The fourth-order valence-electron chi connectivity index (χ4n) is 4.01. The van der Waals surface area contributed by atoms with E-state index in [-0.39, 0.29) is 23.4 Å². The zero-order valence-electron chi connectivity index (χ0n) is 23.3. The number of carbonyl (C=O) groups excluding carboxylic acids is 1. The van der Waals surface area contributed by atoms with Crippen LogP contribution >= 0.6 is 0 Å². The van der Waals surface area contributed by atoms with E-state index in [4.69, 9.17) is 25.5 Å². The Hall–Kier alpha value is -4.29. The highest BCUT2D eigenvalue weighted by Crippen LogP contribution is 2.29. The van der Waals surface area contributed by atoms with E-state index < -0.39 is 40.4 Å². The first kappa shape index (κ1) is 36.9. The summed E-state index contributed by atoms with van der Waals surface area (Å²) in [6.45, 7) is 2.48. The standard InChI is InChI=1S/C23H26N4O3S.2C2HF3O2/c1-16-13-25-14-20-19(16)8-5-9-22(20)31(29,30)27-11-10-18(15-27)26-23(28)21(24)12-17-6-3-2-4-7-17;2*3-2(4,5)1(6)7/h2-9,13-14,18,21H,10-12,15,24H2,1H3,(H,26,28);2*(H,6,7)/t18-,21+;;/m1../s1. The molecule has 1 aliphatic rings.